The lowest BCUT2D eigenvalue weighted by molar-refractivity contribution is 0.0806. The minimum atomic E-state index is -0.488. The maximum Gasteiger partial charge on any atom is 0.222 e. The molecule has 0 bridgehead atoms. The number of aliphatic hydroxyl groups excluding tert-OH is 1. The summed E-state index contributed by atoms with van der Waals surface area (Å²) >= 11 is 0. The summed E-state index contributed by atoms with van der Waals surface area (Å²) in [4.78, 5) is 2.14. The van der Waals surface area contributed by atoms with Crippen LogP contribution < -0.4 is 4.74 Å². The Morgan fingerprint density at radius 1 is 1.18 bits per heavy atom. The van der Waals surface area contributed by atoms with Gasteiger partial charge < -0.3 is 14.6 Å². The molecule has 176 valence electrons. The van der Waals surface area contributed by atoms with E-state index in [1.54, 1.807) is 23.9 Å². The Hall–Kier alpha value is -3.00. The van der Waals surface area contributed by atoms with Crippen LogP contribution in [0.4, 0.5) is 4.39 Å². The van der Waals surface area contributed by atoms with Gasteiger partial charge in [0.1, 0.15) is 17.3 Å². The number of halogens is 1. The normalized spacial score (nSPS) is 12.2. The van der Waals surface area contributed by atoms with Crippen molar-refractivity contribution in [3.05, 3.63) is 78.6 Å². The number of hydrogen-bond acceptors (Lipinski definition) is 5. The van der Waals surface area contributed by atoms with E-state index in [2.05, 4.69) is 11.5 Å². The van der Waals surface area contributed by atoms with E-state index in [1.165, 1.54) is 12.1 Å². The van der Waals surface area contributed by atoms with E-state index >= 15 is 0 Å². The molecule has 0 saturated heterocycles. The van der Waals surface area contributed by atoms with Crippen molar-refractivity contribution in [2.75, 3.05) is 26.8 Å². The first kappa shape index (κ1) is 24.6. The van der Waals surface area contributed by atoms with Crippen LogP contribution in [0.3, 0.4) is 0 Å². The predicted molar refractivity (Wildman–Crippen MR) is 128 cm³/mol. The van der Waals surface area contributed by atoms with Crippen molar-refractivity contribution >= 4 is 0 Å². The van der Waals surface area contributed by atoms with Crippen LogP contribution in [0, 0.1) is 5.82 Å². The van der Waals surface area contributed by atoms with Crippen LogP contribution in [-0.2, 0) is 18.3 Å². The highest BCUT2D eigenvalue weighted by atomic mass is 19.1. The fraction of sp³-hybridized carbons (Fsp3) is 0.346. The molecule has 0 unspecified atom stereocenters. The average Bonchev–Trinajstić information content (AvgIpc) is 3.13. The second kappa shape index (κ2) is 12.3. The summed E-state index contributed by atoms with van der Waals surface area (Å²) in [5, 5.41) is 15.3. The molecule has 0 aliphatic carbocycles. The van der Waals surface area contributed by atoms with E-state index < -0.39 is 6.10 Å². The molecule has 1 atom stereocenters. The molecule has 0 spiro atoms. The van der Waals surface area contributed by atoms with E-state index in [0.717, 1.165) is 23.2 Å². The lowest BCUT2D eigenvalue weighted by Gasteiger charge is -2.25. The molecule has 0 saturated carbocycles. The van der Waals surface area contributed by atoms with Gasteiger partial charge in [-0.2, -0.15) is 5.10 Å². The SMILES string of the molecule is C=CCC[C@H](O)CN(CCOC)Cc1c(-c2ccccc2)nn(C)c1Oc1ccc(F)cc1. The summed E-state index contributed by atoms with van der Waals surface area (Å²) in [6.45, 7) is 5.89. The molecule has 0 aliphatic heterocycles. The summed E-state index contributed by atoms with van der Waals surface area (Å²) in [6.07, 6.45) is 2.72. The van der Waals surface area contributed by atoms with Gasteiger partial charge in [-0.15, -0.1) is 6.58 Å². The van der Waals surface area contributed by atoms with Gasteiger partial charge in [-0.1, -0.05) is 36.4 Å². The van der Waals surface area contributed by atoms with Gasteiger partial charge in [0.25, 0.3) is 0 Å². The van der Waals surface area contributed by atoms with E-state index in [4.69, 9.17) is 14.6 Å². The van der Waals surface area contributed by atoms with Gasteiger partial charge in [0.15, 0.2) is 0 Å². The fourth-order valence-corrected chi connectivity index (χ4v) is 3.64. The number of ether oxygens (including phenoxy) is 2. The van der Waals surface area contributed by atoms with Crippen molar-refractivity contribution in [3.63, 3.8) is 0 Å². The molecular formula is C26H32FN3O3. The van der Waals surface area contributed by atoms with Crippen LogP contribution in [0.1, 0.15) is 18.4 Å². The van der Waals surface area contributed by atoms with Crippen LogP contribution in [0.25, 0.3) is 11.3 Å². The quantitative estimate of drug-likeness (QED) is 0.377. The number of rotatable bonds is 13. The van der Waals surface area contributed by atoms with E-state index in [9.17, 15) is 9.50 Å². The Kier molecular flexibility index (Phi) is 9.18. The zero-order valence-electron chi connectivity index (χ0n) is 19.3. The van der Waals surface area contributed by atoms with Gasteiger partial charge in [0, 0.05) is 39.4 Å². The minimum absolute atomic E-state index is 0.322. The predicted octanol–water partition coefficient (Wildman–Crippen LogP) is 4.79. The third-order valence-corrected chi connectivity index (χ3v) is 5.33. The number of nitrogens with zero attached hydrogens (tertiary/aromatic N) is 3. The summed E-state index contributed by atoms with van der Waals surface area (Å²) in [5.41, 5.74) is 2.66. The van der Waals surface area contributed by atoms with Crippen molar-refractivity contribution in [1.82, 2.24) is 14.7 Å². The summed E-state index contributed by atoms with van der Waals surface area (Å²) in [5.74, 6) is 0.773. The van der Waals surface area contributed by atoms with Gasteiger partial charge in [-0.05, 0) is 37.1 Å². The molecule has 6 nitrogen and oxygen atoms in total. The van der Waals surface area contributed by atoms with Crippen molar-refractivity contribution in [1.29, 1.82) is 0 Å². The van der Waals surface area contributed by atoms with Gasteiger partial charge in [0.2, 0.25) is 5.88 Å². The van der Waals surface area contributed by atoms with Gasteiger partial charge in [-0.3, -0.25) is 4.90 Å². The molecule has 0 radical (unpaired) electrons. The van der Waals surface area contributed by atoms with Crippen molar-refractivity contribution in [2.45, 2.75) is 25.5 Å². The summed E-state index contributed by atoms with van der Waals surface area (Å²) in [7, 11) is 3.49. The molecule has 7 heteroatoms. The molecule has 3 rings (SSSR count). The van der Waals surface area contributed by atoms with Gasteiger partial charge in [0.05, 0.1) is 18.3 Å². The molecule has 2 aromatic carbocycles. The standard InChI is InChI=1S/C26H32FN3O3/c1-4-5-11-22(31)18-30(16-17-32-3)19-24-25(20-9-7-6-8-10-20)28-29(2)26(24)33-23-14-12-21(27)13-15-23/h4,6-10,12-15,22,31H,1,5,11,16-19H2,2-3H3/t22-/m0/s1. The Morgan fingerprint density at radius 3 is 2.58 bits per heavy atom. The summed E-state index contributed by atoms with van der Waals surface area (Å²) < 4.78 is 26.6. The Balaban J connectivity index is 1.96. The first-order valence-electron chi connectivity index (χ1n) is 11.1. The number of aliphatic hydroxyl groups is 1. The van der Waals surface area contributed by atoms with Crippen LogP contribution in [0.5, 0.6) is 11.6 Å². The van der Waals surface area contributed by atoms with Crippen molar-refractivity contribution in [3.8, 4) is 22.9 Å². The third kappa shape index (κ3) is 6.99. The van der Waals surface area contributed by atoms with E-state index in [0.29, 0.717) is 44.3 Å². The average molecular weight is 454 g/mol. The monoisotopic (exact) mass is 453 g/mol. The molecule has 0 fully saturated rings. The molecule has 0 amide bonds. The van der Waals surface area contributed by atoms with Crippen molar-refractivity contribution in [2.24, 2.45) is 7.05 Å². The fourth-order valence-electron chi connectivity index (χ4n) is 3.64. The maximum atomic E-state index is 13.4. The number of allylic oxidation sites excluding steroid dienone is 1. The second-order valence-electron chi connectivity index (χ2n) is 7.93. The highest BCUT2D eigenvalue weighted by molar-refractivity contribution is 5.65. The lowest BCUT2D eigenvalue weighted by Crippen LogP contribution is -2.34. The van der Waals surface area contributed by atoms with Gasteiger partial charge in [-0.25, -0.2) is 9.07 Å². The molecular weight excluding hydrogens is 421 g/mol. The molecule has 33 heavy (non-hydrogen) atoms. The lowest BCUT2D eigenvalue weighted by atomic mass is 10.1. The Morgan fingerprint density at radius 2 is 1.91 bits per heavy atom. The van der Waals surface area contributed by atoms with E-state index in [-0.39, 0.29) is 5.82 Å². The summed E-state index contributed by atoms with van der Waals surface area (Å²) in [6, 6.07) is 15.8. The molecule has 0 aliphatic rings. The van der Waals surface area contributed by atoms with Crippen LogP contribution >= 0.6 is 0 Å². The Bertz CT molecular complexity index is 1010. The second-order valence-corrected chi connectivity index (χ2v) is 7.93. The maximum absolute atomic E-state index is 13.4. The molecule has 1 heterocycles. The van der Waals surface area contributed by atoms with Crippen LogP contribution in [-0.4, -0.2) is 52.7 Å². The van der Waals surface area contributed by atoms with Crippen LogP contribution in [0.15, 0.2) is 67.3 Å². The van der Waals surface area contributed by atoms with Gasteiger partial charge >= 0.3 is 0 Å². The number of methoxy groups -OCH3 is 1. The number of aromatic nitrogens is 2. The minimum Gasteiger partial charge on any atom is -0.439 e. The first-order valence-corrected chi connectivity index (χ1v) is 11.1. The molecule has 1 aromatic heterocycles. The number of hydrogen-bond donors (Lipinski definition) is 1. The highest BCUT2D eigenvalue weighted by Crippen LogP contribution is 2.34. The zero-order chi connectivity index (χ0) is 23.6. The smallest absolute Gasteiger partial charge is 0.222 e. The third-order valence-electron chi connectivity index (χ3n) is 5.33. The number of benzene rings is 2. The van der Waals surface area contributed by atoms with Crippen molar-refractivity contribution < 1.29 is 19.0 Å². The zero-order valence-corrected chi connectivity index (χ0v) is 19.3. The van der Waals surface area contributed by atoms with E-state index in [1.807, 2.05) is 43.5 Å². The molecule has 3 aromatic rings. The molecule has 1 N–H and O–H groups in total. The van der Waals surface area contributed by atoms with Crippen LogP contribution in [0.2, 0.25) is 0 Å². The largest absolute Gasteiger partial charge is 0.439 e. The Labute approximate surface area is 194 Å². The highest BCUT2D eigenvalue weighted by Gasteiger charge is 2.23. The number of aryl methyl sites for hydroxylation is 1. The first-order chi connectivity index (χ1) is 16.0. The topological polar surface area (TPSA) is 59.8 Å².